The third-order valence-electron chi connectivity index (χ3n) is 4.00. The molecule has 2 rings (SSSR count). The summed E-state index contributed by atoms with van der Waals surface area (Å²) < 4.78 is 0. The van der Waals surface area contributed by atoms with E-state index in [1.54, 1.807) is 0 Å². The van der Waals surface area contributed by atoms with Gasteiger partial charge >= 0.3 is 0 Å². The third-order valence-corrected chi connectivity index (χ3v) is 4.00. The zero-order valence-corrected chi connectivity index (χ0v) is 12.6. The van der Waals surface area contributed by atoms with Crippen molar-refractivity contribution < 1.29 is 0 Å². The Hall–Kier alpha value is -0.860. The molecule has 1 aromatic carbocycles. The Morgan fingerprint density at radius 3 is 2.42 bits per heavy atom. The Morgan fingerprint density at radius 1 is 1.21 bits per heavy atom. The number of rotatable bonds is 8. The minimum atomic E-state index is 0.502. The summed E-state index contributed by atoms with van der Waals surface area (Å²) in [6.07, 6.45) is 2.85. The van der Waals surface area contributed by atoms with Crippen molar-refractivity contribution in [1.82, 2.24) is 10.2 Å². The second kappa shape index (κ2) is 7.06. The van der Waals surface area contributed by atoms with E-state index in [0.717, 1.165) is 19.0 Å². The molecule has 1 aliphatic carbocycles. The van der Waals surface area contributed by atoms with Gasteiger partial charge in [0.05, 0.1) is 0 Å². The summed E-state index contributed by atoms with van der Waals surface area (Å²) in [5.41, 5.74) is 1.44. The molecule has 1 saturated carbocycles. The molecule has 0 amide bonds. The number of benzene rings is 1. The van der Waals surface area contributed by atoms with Crippen LogP contribution in [-0.2, 0) is 0 Å². The van der Waals surface area contributed by atoms with E-state index in [9.17, 15) is 0 Å². The first kappa shape index (κ1) is 14.5. The maximum Gasteiger partial charge on any atom is 0.0475 e. The van der Waals surface area contributed by atoms with Crippen LogP contribution in [0.25, 0.3) is 0 Å². The summed E-state index contributed by atoms with van der Waals surface area (Å²) in [6.45, 7) is 10.2. The fraction of sp³-hybridized carbons (Fsp3) is 0.647. The van der Waals surface area contributed by atoms with Gasteiger partial charge < -0.3 is 5.32 Å². The summed E-state index contributed by atoms with van der Waals surface area (Å²) in [7, 11) is 0. The van der Waals surface area contributed by atoms with Crippen LogP contribution in [0.1, 0.15) is 45.2 Å². The predicted molar refractivity (Wildman–Crippen MR) is 82.3 cm³/mol. The highest BCUT2D eigenvalue weighted by molar-refractivity contribution is 5.19. The maximum absolute atomic E-state index is 3.53. The molecule has 106 valence electrons. The van der Waals surface area contributed by atoms with Crippen LogP contribution < -0.4 is 5.32 Å². The molecule has 0 heterocycles. The highest BCUT2D eigenvalue weighted by atomic mass is 15.2. The van der Waals surface area contributed by atoms with Crippen LogP contribution in [0.4, 0.5) is 0 Å². The molecule has 1 fully saturated rings. The molecular weight excluding hydrogens is 232 g/mol. The van der Waals surface area contributed by atoms with Crippen LogP contribution in [0.15, 0.2) is 30.3 Å². The van der Waals surface area contributed by atoms with Gasteiger partial charge in [0.2, 0.25) is 0 Å². The van der Waals surface area contributed by atoms with Crippen molar-refractivity contribution in [2.45, 2.75) is 45.7 Å². The molecule has 2 nitrogen and oxygen atoms in total. The van der Waals surface area contributed by atoms with E-state index in [4.69, 9.17) is 0 Å². The van der Waals surface area contributed by atoms with Gasteiger partial charge in [-0.15, -0.1) is 0 Å². The average Bonchev–Trinajstić information content (AvgIpc) is 3.23. The average molecular weight is 260 g/mol. The highest BCUT2D eigenvalue weighted by Crippen LogP contribution is 2.33. The van der Waals surface area contributed by atoms with Crippen molar-refractivity contribution in [3.8, 4) is 0 Å². The van der Waals surface area contributed by atoms with Crippen LogP contribution in [0.5, 0.6) is 0 Å². The maximum atomic E-state index is 3.53. The molecule has 0 aromatic heterocycles. The van der Waals surface area contributed by atoms with E-state index in [1.807, 2.05) is 0 Å². The summed E-state index contributed by atoms with van der Waals surface area (Å²) in [5, 5.41) is 3.53. The van der Waals surface area contributed by atoms with Crippen molar-refractivity contribution >= 4 is 0 Å². The van der Waals surface area contributed by atoms with Gasteiger partial charge in [0, 0.05) is 25.2 Å². The largest absolute Gasteiger partial charge is 0.315 e. The monoisotopic (exact) mass is 260 g/mol. The lowest BCUT2D eigenvalue weighted by atomic mass is 10.0. The van der Waals surface area contributed by atoms with E-state index in [2.05, 4.69) is 61.3 Å². The summed E-state index contributed by atoms with van der Waals surface area (Å²) >= 11 is 0. The fourth-order valence-corrected chi connectivity index (χ4v) is 2.68. The first-order valence-corrected chi connectivity index (χ1v) is 7.73. The minimum Gasteiger partial charge on any atom is -0.315 e. The lowest BCUT2D eigenvalue weighted by Crippen LogP contribution is -2.41. The molecule has 19 heavy (non-hydrogen) atoms. The fourth-order valence-electron chi connectivity index (χ4n) is 2.68. The first-order chi connectivity index (χ1) is 9.22. The third kappa shape index (κ3) is 4.32. The second-order valence-electron chi connectivity index (χ2n) is 5.97. The van der Waals surface area contributed by atoms with Gasteiger partial charge in [0.1, 0.15) is 0 Å². The van der Waals surface area contributed by atoms with Crippen molar-refractivity contribution in [1.29, 1.82) is 0 Å². The Labute approximate surface area is 118 Å². The number of nitrogens with zero attached hydrogens (tertiary/aromatic N) is 1. The normalized spacial score (nSPS) is 17.1. The Balaban J connectivity index is 2.13. The van der Waals surface area contributed by atoms with E-state index >= 15 is 0 Å². The topological polar surface area (TPSA) is 15.3 Å². The Bertz CT molecular complexity index is 357. The van der Waals surface area contributed by atoms with Crippen LogP contribution in [-0.4, -0.2) is 30.6 Å². The minimum absolute atomic E-state index is 0.502. The van der Waals surface area contributed by atoms with Gasteiger partial charge in [0.25, 0.3) is 0 Å². The van der Waals surface area contributed by atoms with Crippen molar-refractivity contribution in [2.24, 2.45) is 5.92 Å². The molecule has 1 unspecified atom stereocenters. The quantitative estimate of drug-likeness (QED) is 0.770. The molecule has 1 N–H and O–H groups in total. The van der Waals surface area contributed by atoms with E-state index in [-0.39, 0.29) is 0 Å². The molecule has 1 atom stereocenters. The van der Waals surface area contributed by atoms with Gasteiger partial charge in [-0.05, 0) is 44.7 Å². The van der Waals surface area contributed by atoms with Gasteiger partial charge in [-0.1, -0.05) is 37.3 Å². The standard InChI is InChI=1S/C17H28N2/c1-4-18-12-17(16-8-6-5-7-9-16)19(14(2)3)13-15-10-11-15/h5-9,14-15,17-18H,4,10-13H2,1-3H3. The van der Waals surface area contributed by atoms with Crippen molar-refractivity contribution in [3.05, 3.63) is 35.9 Å². The SMILES string of the molecule is CCNCC(c1ccccc1)N(CC1CC1)C(C)C. The Kier molecular flexibility index (Phi) is 5.41. The molecular formula is C17H28N2. The summed E-state index contributed by atoms with van der Waals surface area (Å²) in [5.74, 6) is 0.940. The van der Waals surface area contributed by atoms with Gasteiger partial charge in [-0.3, -0.25) is 4.90 Å². The first-order valence-electron chi connectivity index (χ1n) is 7.73. The van der Waals surface area contributed by atoms with Crippen LogP contribution in [0, 0.1) is 5.92 Å². The zero-order valence-electron chi connectivity index (χ0n) is 12.6. The predicted octanol–water partition coefficient (Wildman–Crippen LogP) is 3.46. The lowest BCUT2D eigenvalue weighted by Gasteiger charge is -2.35. The number of nitrogens with one attached hydrogen (secondary N) is 1. The molecule has 0 spiro atoms. The second-order valence-corrected chi connectivity index (χ2v) is 5.97. The molecule has 0 bridgehead atoms. The van der Waals surface area contributed by atoms with E-state index < -0.39 is 0 Å². The number of hydrogen-bond acceptors (Lipinski definition) is 2. The molecule has 2 heteroatoms. The van der Waals surface area contributed by atoms with Crippen LogP contribution in [0.2, 0.25) is 0 Å². The Morgan fingerprint density at radius 2 is 1.89 bits per heavy atom. The molecule has 0 saturated heterocycles. The zero-order chi connectivity index (χ0) is 13.7. The molecule has 0 radical (unpaired) electrons. The van der Waals surface area contributed by atoms with Gasteiger partial charge in [0.15, 0.2) is 0 Å². The van der Waals surface area contributed by atoms with E-state index in [0.29, 0.717) is 12.1 Å². The smallest absolute Gasteiger partial charge is 0.0475 e. The molecule has 0 aliphatic heterocycles. The van der Waals surface area contributed by atoms with E-state index in [1.165, 1.54) is 24.9 Å². The van der Waals surface area contributed by atoms with Crippen molar-refractivity contribution in [3.63, 3.8) is 0 Å². The van der Waals surface area contributed by atoms with Crippen LogP contribution in [0.3, 0.4) is 0 Å². The lowest BCUT2D eigenvalue weighted by molar-refractivity contribution is 0.143. The molecule has 1 aromatic rings. The summed E-state index contributed by atoms with van der Waals surface area (Å²) in [6, 6.07) is 12.1. The highest BCUT2D eigenvalue weighted by Gasteiger charge is 2.30. The number of likely N-dealkylation sites (N-methyl/N-ethyl adjacent to an activating group) is 1. The van der Waals surface area contributed by atoms with Crippen LogP contribution >= 0.6 is 0 Å². The number of hydrogen-bond donors (Lipinski definition) is 1. The van der Waals surface area contributed by atoms with Gasteiger partial charge in [-0.25, -0.2) is 0 Å². The van der Waals surface area contributed by atoms with Crippen molar-refractivity contribution in [2.75, 3.05) is 19.6 Å². The molecule has 1 aliphatic rings. The van der Waals surface area contributed by atoms with Gasteiger partial charge in [-0.2, -0.15) is 0 Å². The summed E-state index contributed by atoms with van der Waals surface area (Å²) in [4.78, 5) is 2.68.